The largest absolute Gasteiger partial charge is 0.460 e. The number of pyridine rings is 2. The van der Waals surface area contributed by atoms with E-state index in [0.29, 0.717) is 12.1 Å². The van der Waals surface area contributed by atoms with Gasteiger partial charge in [-0.2, -0.15) is 0 Å². The molecule has 3 aliphatic rings. The van der Waals surface area contributed by atoms with Crippen LogP contribution in [0.15, 0.2) is 34.1 Å². The van der Waals surface area contributed by atoms with Gasteiger partial charge in [-0.15, -0.1) is 24.8 Å². The van der Waals surface area contributed by atoms with Crippen molar-refractivity contribution in [2.24, 2.45) is 4.99 Å². The topological polar surface area (TPSA) is 85.6 Å². The molecule has 0 atom stereocenters. The number of nitrogens with zero attached hydrogens (tertiary/aromatic N) is 3. The first kappa shape index (κ1) is 18.5. The predicted molar refractivity (Wildman–Crippen MR) is 110 cm³/mol. The molecule has 3 aromatic rings. The van der Waals surface area contributed by atoms with Crippen molar-refractivity contribution in [1.29, 1.82) is 0 Å². The van der Waals surface area contributed by atoms with Crippen molar-refractivity contribution in [1.82, 2.24) is 9.55 Å². The SMILES string of the molecule is Cl.Cl.O=C1Cc2cc3n(c(=O)c2CO1)Cc1c-3nc2cccc3c2c1NC=N3. The summed E-state index contributed by atoms with van der Waals surface area (Å²) in [6, 6.07) is 7.73. The molecule has 28 heavy (non-hydrogen) atoms. The van der Waals surface area contributed by atoms with Crippen LogP contribution in [0.3, 0.4) is 0 Å². The highest BCUT2D eigenvalue weighted by atomic mass is 35.5. The Morgan fingerprint density at radius 1 is 1.14 bits per heavy atom. The summed E-state index contributed by atoms with van der Waals surface area (Å²) in [6.07, 6.45) is 1.80. The number of hydrogen-bond acceptors (Lipinski definition) is 6. The monoisotopic (exact) mass is 416 g/mol. The third-order valence-electron chi connectivity index (χ3n) is 5.27. The minimum Gasteiger partial charge on any atom is -0.460 e. The fourth-order valence-electron chi connectivity index (χ4n) is 4.06. The molecule has 0 fully saturated rings. The lowest BCUT2D eigenvalue weighted by Gasteiger charge is -2.17. The molecular formula is C19H14Cl2N4O3. The molecule has 1 aromatic carbocycles. The number of anilines is 1. The third kappa shape index (κ3) is 2.30. The Hall–Kier alpha value is -2.90. The molecule has 5 heterocycles. The van der Waals surface area contributed by atoms with Crippen LogP contribution in [-0.2, 0) is 29.1 Å². The fraction of sp³-hybridized carbons (Fsp3) is 0.158. The first-order valence-corrected chi connectivity index (χ1v) is 8.37. The summed E-state index contributed by atoms with van der Waals surface area (Å²) in [4.78, 5) is 33.8. The van der Waals surface area contributed by atoms with Gasteiger partial charge in [0, 0.05) is 10.9 Å². The van der Waals surface area contributed by atoms with Gasteiger partial charge < -0.3 is 14.6 Å². The van der Waals surface area contributed by atoms with Crippen molar-refractivity contribution in [3.8, 4) is 11.4 Å². The molecule has 0 amide bonds. The van der Waals surface area contributed by atoms with Crippen molar-refractivity contribution in [3.05, 3.63) is 51.3 Å². The molecule has 0 saturated carbocycles. The second-order valence-corrected chi connectivity index (χ2v) is 6.65. The Morgan fingerprint density at radius 3 is 2.86 bits per heavy atom. The highest BCUT2D eigenvalue weighted by Crippen LogP contribution is 2.43. The number of carbonyl (C=O) groups excluding carboxylic acids is 1. The van der Waals surface area contributed by atoms with E-state index in [-0.39, 0.29) is 49.4 Å². The molecule has 142 valence electrons. The number of halogens is 2. The van der Waals surface area contributed by atoms with E-state index < -0.39 is 0 Å². The van der Waals surface area contributed by atoms with Crippen LogP contribution in [0.4, 0.5) is 11.4 Å². The first-order chi connectivity index (χ1) is 12.7. The zero-order valence-corrected chi connectivity index (χ0v) is 16.0. The van der Waals surface area contributed by atoms with Gasteiger partial charge in [-0.1, -0.05) is 6.07 Å². The van der Waals surface area contributed by atoms with Crippen LogP contribution in [0.5, 0.6) is 0 Å². The van der Waals surface area contributed by atoms with E-state index in [9.17, 15) is 9.59 Å². The molecule has 6 rings (SSSR count). The van der Waals surface area contributed by atoms with Crippen LogP contribution in [-0.4, -0.2) is 21.9 Å². The highest BCUT2D eigenvalue weighted by Gasteiger charge is 2.31. The maximum absolute atomic E-state index is 13.0. The molecule has 2 aromatic heterocycles. The minimum absolute atomic E-state index is 0. The van der Waals surface area contributed by atoms with Crippen molar-refractivity contribution in [2.45, 2.75) is 19.6 Å². The molecule has 0 bridgehead atoms. The van der Waals surface area contributed by atoms with Gasteiger partial charge in [-0.05, 0) is 23.8 Å². The lowest BCUT2D eigenvalue weighted by Crippen LogP contribution is -2.30. The van der Waals surface area contributed by atoms with Crippen LogP contribution in [0.2, 0.25) is 0 Å². The average Bonchev–Trinajstić information content (AvgIpc) is 3.01. The number of aliphatic imine (C=N–C) groups is 1. The van der Waals surface area contributed by atoms with E-state index in [1.165, 1.54) is 0 Å². The normalized spacial score (nSPS) is 14.8. The molecule has 0 aliphatic carbocycles. The van der Waals surface area contributed by atoms with Crippen molar-refractivity contribution in [3.63, 3.8) is 0 Å². The Kier molecular flexibility index (Phi) is 4.17. The number of carbonyl (C=O) groups is 1. The number of hydrogen-bond donors (Lipinski definition) is 1. The van der Waals surface area contributed by atoms with E-state index in [1.54, 1.807) is 10.9 Å². The van der Waals surface area contributed by atoms with Crippen LogP contribution in [0.1, 0.15) is 16.7 Å². The number of benzene rings is 1. The maximum Gasteiger partial charge on any atom is 0.310 e. The zero-order chi connectivity index (χ0) is 17.4. The molecule has 7 nitrogen and oxygen atoms in total. The van der Waals surface area contributed by atoms with E-state index in [2.05, 4.69) is 10.3 Å². The molecule has 3 aliphatic heterocycles. The van der Waals surface area contributed by atoms with Crippen LogP contribution in [0.25, 0.3) is 22.3 Å². The summed E-state index contributed by atoms with van der Waals surface area (Å²) < 4.78 is 6.78. The Morgan fingerprint density at radius 2 is 2.00 bits per heavy atom. The second kappa shape index (κ2) is 6.32. The smallest absolute Gasteiger partial charge is 0.310 e. The van der Waals surface area contributed by atoms with Gasteiger partial charge in [-0.3, -0.25) is 9.59 Å². The Labute approximate surface area is 171 Å². The Bertz CT molecular complexity index is 1270. The van der Waals surface area contributed by atoms with E-state index in [4.69, 9.17) is 9.72 Å². The minimum atomic E-state index is -0.302. The van der Waals surface area contributed by atoms with Gasteiger partial charge in [0.1, 0.15) is 6.61 Å². The highest BCUT2D eigenvalue weighted by molar-refractivity contribution is 6.10. The molecule has 1 N–H and O–H groups in total. The quantitative estimate of drug-likeness (QED) is 0.445. The van der Waals surface area contributed by atoms with Crippen molar-refractivity contribution >= 4 is 59.4 Å². The molecule has 0 saturated heterocycles. The number of esters is 1. The van der Waals surface area contributed by atoms with Gasteiger partial charge in [0.05, 0.1) is 53.1 Å². The van der Waals surface area contributed by atoms with Gasteiger partial charge in [-0.25, -0.2) is 9.98 Å². The van der Waals surface area contributed by atoms with Gasteiger partial charge in [0.15, 0.2) is 0 Å². The summed E-state index contributed by atoms with van der Waals surface area (Å²) in [6.45, 7) is 0.485. The Balaban J connectivity index is 0.000000961. The molecule has 0 unspecified atom stereocenters. The molecule has 0 radical (unpaired) electrons. The van der Waals surface area contributed by atoms with Gasteiger partial charge in [0.25, 0.3) is 5.56 Å². The predicted octanol–water partition coefficient (Wildman–Crippen LogP) is 2.95. The van der Waals surface area contributed by atoms with Crippen LogP contribution >= 0.6 is 24.8 Å². The number of aromatic nitrogens is 2. The number of ether oxygens (including phenoxy) is 1. The molecule has 9 heteroatoms. The number of rotatable bonds is 0. The summed E-state index contributed by atoms with van der Waals surface area (Å²) in [5, 5.41) is 4.20. The summed E-state index contributed by atoms with van der Waals surface area (Å²) in [7, 11) is 0. The molecule has 0 spiro atoms. The summed E-state index contributed by atoms with van der Waals surface area (Å²) in [5.74, 6) is -0.302. The lowest BCUT2D eigenvalue weighted by atomic mass is 10.0. The standard InChI is InChI=1S/C19H12N4O3.2ClH/c24-15-5-9-4-14-17-10(6-23(14)19(25)11(9)7-26-15)18-16-12(20-8-21-18)2-1-3-13(16)22-17;;/h1-4,8H,5-7H2,(H,20,21);2*1H. The lowest BCUT2D eigenvalue weighted by molar-refractivity contribution is -0.145. The van der Waals surface area contributed by atoms with Crippen LogP contribution in [0, 0.1) is 0 Å². The second-order valence-electron chi connectivity index (χ2n) is 6.65. The first-order valence-electron chi connectivity index (χ1n) is 8.37. The zero-order valence-electron chi connectivity index (χ0n) is 14.4. The van der Waals surface area contributed by atoms with Crippen molar-refractivity contribution in [2.75, 3.05) is 5.32 Å². The van der Waals surface area contributed by atoms with Crippen molar-refractivity contribution < 1.29 is 9.53 Å². The summed E-state index contributed by atoms with van der Waals surface area (Å²) >= 11 is 0. The number of cyclic esters (lactones) is 1. The molecular weight excluding hydrogens is 403 g/mol. The van der Waals surface area contributed by atoms with E-state index in [1.807, 2.05) is 24.3 Å². The number of fused-ring (bicyclic) bond motifs is 5. The maximum atomic E-state index is 13.0. The van der Waals surface area contributed by atoms with Gasteiger partial charge in [0.2, 0.25) is 0 Å². The number of nitrogens with one attached hydrogen (secondary N) is 1. The van der Waals surface area contributed by atoms with E-state index in [0.717, 1.165) is 44.8 Å². The van der Waals surface area contributed by atoms with E-state index >= 15 is 0 Å². The average molecular weight is 417 g/mol. The summed E-state index contributed by atoms with van der Waals surface area (Å²) in [5.41, 5.74) is 6.36. The van der Waals surface area contributed by atoms with Gasteiger partial charge >= 0.3 is 5.97 Å². The third-order valence-corrected chi connectivity index (χ3v) is 5.27. The fourth-order valence-corrected chi connectivity index (χ4v) is 4.06. The van der Waals surface area contributed by atoms with Crippen LogP contribution < -0.4 is 10.9 Å².